The van der Waals surface area contributed by atoms with E-state index in [2.05, 4.69) is 52.4 Å². The summed E-state index contributed by atoms with van der Waals surface area (Å²) in [4.78, 5) is 11.7. The summed E-state index contributed by atoms with van der Waals surface area (Å²) in [5.41, 5.74) is 4.61. The van der Waals surface area contributed by atoms with Crippen molar-refractivity contribution >= 4 is 28.1 Å². The van der Waals surface area contributed by atoms with Crippen molar-refractivity contribution in [1.29, 1.82) is 0 Å². The summed E-state index contributed by atoms with van der Waals surface area (Å²) in [5, 5.41) is 3.90. The summed E-state index contributed by atoms with van der Waals surface area (Å²) in [7, 11) is 0. The van der Waals surface area contributed by atoms with Crippen molar-refractivity contribution in [3.05, 3.63) is 58.0 Å². The second kappa shape index (κ2) is 6.52. The average molecular weight is 335 g/mol. The third-order valence-corrected chi connectivity index (χ3v) is 3.21. The van der Waals surface area contributed by atoms with E-state index in [0.717, 1.165) is 5.56 Å². The van der Waals surface area contributed by atoms with Gasteiger partial charge in [-0.3, -0.25) is 4.79 Å². The quantitative estimate of drug-likeness (QED) is 0.680. The van der Waals surface area contributed by atoms with Crippen LogP contribution in [0.25, 0.3) is 0 Å². The van der Waals surface area contributed by atoms with E-state index in [1.165, 1.54) is 5.56 Å². The summed E-state index contributed by atoms with van der Waals surface area (Å²) in [5.74, 6) is 0.327. The highest BCUT2D eigenvalue weighted by molar-refractivity contribution is 9.10. The predicted molar refractivity (Wildman–Crippen MR) is 82.0 cm³/mol. The Morgan fingerprint density at radius 3 is 2.50 bits per heavy atom. The van der Waals surface area contributed by atoms with Crippen LogP contribution in [0.3, 0.4) is 0 Å². The summed E-state index contributed by atoms with van der Waals surface area (Å²) in [6.07, 6.45) is 1.60. The molecule has 0 spiro atoms. The predicted octanol–water partition coefficient (Wildman–Crippen LogP) is 3.93. The molecule has 0 bridgehead atoms. The zero-order valence-corrected chi connectivity index (χ0v) is 12.8. The van der Waals surface area contributed by atoms with Crippen molar-refractivity contribution in [3.8, 4) is 0 Å². The van der Waals surface area contributed by atoms with Gasteiger partial charge in [0.1, 0.15) is 0 Å². The maximum absolute atomic E-state index is 11.7. The molecule has 2 aromatic rings. The molecule has 1 heterocycles. The van der Waals surface area contributed by atoms with E-state index in [-0.39, 0.29) is 11.7 Å². The molecule has 4 nitrogen and oxygen atoms in total. The Bertz CT molecular complexity index is 615. The van der Waals surface area contributed by atoms with Crippen LogP contribution in [0.4, 0.5) is 0 Å². The molecule has 1 amide bonds. The van der Waals surface area contributed by atoms with Crippen molar-refractivity contribution < 1.29 is 9.21 Å². The van der Waals surface area contributed by atoms with Crippen LogP contribution in [-0.4, -0.2) is 12.1 Å². The minimum absolute atomic E-state index is 0.212. The van der Waals surface area contributed by atoms with E-state index in [9.17, 15) is 4.79 Å². The first-order valence-corrected chi connectivity index (χ1v) is 7.04. The van der Waals surface area contributed by atoms with Gasteiger partial charge in [0.25, 0.3) is 0 Å². The Kier molecular flexibility index (Phi) is 4.74. The Morgan fingerprint density at radius 2 is 1.95 bits per heavy atom. The van der Waals surface area contributed by atoms with Gasteiger partial charge < -0.3 is 4.42 Å². The lowest BCUT2D eigenvalue weighted by molar-refractivity contribution is 0.0926. The molecule has 0 aliphatic heterocycles. The Balaban J connectivity index is 1.94. The second-order valence-corrected chi connectivity index (χ2v) is 5.41. The number of hydrazone groups is 1. The molecular weight excluding hydrogens is 320 g/mol. The van der Waals surface area contributed by atoms with Crippen LogP contribution >= 0.6 is 15.9 Å². The number of rotatable bonds is 4. The number of carbonyl (C=O) groups is 1. The Hall–Kier alpha value is -1.88. The maximum atomic E-state index is 11.7. The van der Waals surface area contributed by atoms with Crippen LogP contribution in [0.15, 0.2) is 50.6 Å². The van der Waals surface area contributed by atoms with Crippen molar-refractivity contribution in [2.45, 2.75) is 19.8 Å². The summed E-state index contributed by atoms with van der Waals surface area (Å²) < 4.78 is 5.63. The van der Waals surface area contributed by atoms with Crippen molar-refractivity contribution in [2.24, 2.45) is 5.10 Å². The number of hydrogen-bond acceptors (Lipinski definition) is 3. The molecule has 0 saturated carbocycles. The first kappa shape index (κ1) is 14.5. The second-order valence-electron chi connectivity index (χ2n) is 4.62. The molecule has 0 aliphatic rings. The Labute approximate surface area is 126 Å². The minimum atomic E-state index is -0.384. The van der Waals surface area contributed by atoms with Crippen molar-refractivity contribution in [2.75, 3.05) is 0 Å². The van der Waals surface area contributed by atoms with Gasteiger partial charge in [-0.05, 0) is 45.1 Å². The molecular formula is C15H15BrN2O2. The molecule has 2 rings (SSSR count). The van der Waals surface area contributed by atoms with Crippen LogP contribution in [0, 0.1) is 0 Å². The standard InChI is InChI=1S/C15H15BrN2O2/c1-10(2)12-5-3-11(4-6-12)9-17-18-15(19)13-7-8-14(16)20-13/h3-10H,1-2H3,(H,18,19)/b17-9+. The topological polar surface area (TPSA) is 54.6 Å². The lowest BCUT2D eigenvalue weighted by Gasteiger charge is -2.04. The maximum Gasteiger partial charge on any atom is 0.307 e. The van der Waals surface area contributed by atoms with Crippen LogP contribution in [0.2, 0.25) is 0 Å². The zero-order chi connectivity index (χ0) is 14.5. The summed E-state index contributed by atoms with van der Waals surface area (Å²) in [6.45, 7) is 4.29. The number of benzene rings is 1. The summed E-state index contributed by atoms with van der Waals surface area (Å²) >= 11 is 3.14. The van der Waals surface area contributed by atoms with Gasteiger partial charge in [0.05, 0.1) is 6.21 Å². The SMILES string of the molecule is CC(C)c1ccc(/C=N/NC(=O)c2ccc(Br)o2)cc1. The van der Waals surface area contributed by atoms with Gasteiger partial charge in [-0.15, -0.1) is 0 Å². The molecule has 0 atom stereocenters. The fourth-order valence-corrected chi connectivity index (χ4v) is 1.93. The van der Waals surface area contributed by atoms with E-state index in [0.29, 0.717) is 10.6 Å². The molecule has 20 heavy (non-hydrogen) atoms. The number of carbonyl (C=O) groups excluding carboxylic acids is 1. The van der Waals surface area contributed by atoms with Gasteiger partial charge in [0.15, 0.2) is 10.4 Å². The van der Waals surface area contributed by atoms with Crippen molar-refractivity contribution in [1.82, 2.24) is 5.43 Å². The normalized spacial score (nSPS) is 11.2. The van der Waals surface area contributed by atoms with Crippen LogP contribution in [0.1, 0.15) is 41.4 Å². The van der Waals surface area contributed by atoms with E-state index in [1.807, 2.05) is 12.1 Å². The molecule has 1 aromatic heterocycles. The number of furan rings is 1. The van der Waals surface area contributed by atoms with Gasteiger partial charge in [-0.2, -0.15) is 5.10 Å². The number of hydrogen-bond donors (Lipinski definition) is 1. The smallest absolute Gasteiger partial charge is 0.307 e. The van der Waals surface area contributed by atoms with Gasteiger partial charge in [-0.1, -0.05) is 38.1 Å². The van der Waals surface area contributed by atoms with Crippen LogP contribution in [0.5, 0.6) is 0 Å². The van der Waals surface area contributed by atoms with E-state index in [1.54, 1.807) is 18.3 Å². The molecule has 0 aliphatic carbocycles. The lowest BCUT2D eigenvalue weighted by atomic mass is 10.0. The van der Waals surface area contributed by atoms with Gasteiger partial charge >= 0.3 is 5.91 Å². The van der Waals surface area contributed by atoms with Crippen molar-refractivity contribution in [3.63, 3.8) is 0 Å². The largest absolute Gasteiger partial charge is 0.444 e. The monoisotopic (exact) mass is 334 g/mol. The highest BCUT2D eigenvalue weighted by Crippen LogP contribution is 2.14. The fourth-order valence-electron chi connectivity index (χ4n) is 1.62. The van der Waals surface area contributed by atoms with E-state index < -0.39 is 0 Å². The van der Waals surface area contributed by atoms with Gasteiger partial charge in [-0.25, -0.2) is 5.43 Å². The molecule has 0 radical (unpaired) electrons. The molecule has 0 fully saturated rings. The molecule has 5 heteroatoms. The molecule has 0 unspecified atom stereocenters. The fraction of sp³-hybridized carbons (Fsp3) is 0.200. The molecule has 1 N–H and O–H groups in total. The minimum Gasteiger partial charge on any atom is -0.444 e. The van der Waals surface area contributed by atoms with E-state index >= 15 is 0 Å². The Morgan fingerprint density at radius 1 is 1.25 bits per heavy atom. The zero-order valence-electron chi connectivity index (χ0n) is 11.3. The highest BCUT2D eigenvalue weighted by Gasteiger charge is 2.08. The first-order chi connectivity index (χ1) is 9.56. The number of nitrogens with zero attached hydrogens (tertiary/aromatic N) is 1. The average Bonchev–Trinajstić information content (AvgIpc) is 2.86. The third kappa shape index (κ3) is 3.81. The first-order valence-electron chi connectivity index (χ1n) is 6.25. The number of halogens is 1. The molecule has 1 aromatic carbocycles. The van der Waals surface area contributed by atoms with Gasteiger partial charge in [0, 0.05) is 0 Å². The lowest BCUT2D eigenvalue weighted by Crippen LogP contribution is -2.16. The molecule has 0 saturated heterocycles. The third-order valence-electron chi connectivity index (χ3n) is 2.78. The van der Waals surface area contributed by atoms with Gasteiger partial charge in [0.2, 0.25) is 0 Å². The van der Waals surface area contributed by atoms with E-state index in [4.69, 9.17) is 4.42 Å². The number of amides is 1. The molecule has 104 valence electrons. The van der Waals surface area contributed by atoms with Crippen LogP contribution in [-0.2, 0) is 0 Å². The van der Waals surface area contributed by atoms with Crippen LogP contribution < -0.4 is 5.43 Å². The number of nitrogens with one attached hydrogen (secondary N) is 1. The summed E-state index contributed by atoms with van der Waals surface area (Å²) in [6, 6.07) is 11.3. The highest BCUT2D eigenvalue weighted by atomic mass is 79.9.